The van der Waals surface area contributed by atoms with Crippen LogP contribution in [0, 0.1) is 0 Å². The molecule has 20 heavy (non-hydrogen) atoms. The van der Waals surface area contributed by atoms with Gasteiger partial charge in [0.1, 0.15) is 6.26 Å². The predicted octanol–water partition coefficient (Wildman–Crippen LogP) is 1.17. The fourth-order valence-corrected chi connectivity index (χ4v) is 2.31. The molecular formula is C14H25N5O. The quantitative estimate of drug-likeness (QED) is 0.647. The molecule has 0 amide bonds. The van der Waals surface area contributed by atoms with Crippen LogP contribution in [-0.2, 0) is 6.54 Å². The van der Waals surface area contributed by atoms with Crippen LogP contribution in [0.25, 0.3) is 0 Å². The van der Waals surface area contributed by atoms with E-state index in [1.54, 1.807) is 6.26 Å². The zero-order valence-corrected chi connectivity index (χ0v) is 12.5. The first-order valence-electron chi connectivity index (χ1n) is 7.48. The third-order valence-electron chi connectivity index (χ3n) is 3.37. The van der Waals surface area contributed by atoms with E-state index in [2.05, 4.69) is 39.1 Å². The van der Waals surface area contributed by atoms with E-state index in [1.807, 2.05) is 6.07 Å². The topological polar surface area (TPSA) is 56.9 Å². The zero-order chi connectivity index (χ0) is 14.2. The van der Waals surface area contributed by atoms with Gasteiger partial charge in [-0.25, -0.2) is 0 Å². The Balaban J connectivity index is 1.82. The van der Waals surface area contributed by atoms with Gasteiger partial charge in [0, 0.05) is 51.9 Å². The second kappa shape index (κ2) is 7.89. The fraction of sp³-hybridized carbons (Fsp3) is 0.714. The molecule has 0 atom stereocenters. The Morgan fingerprint density at radius 1 is 1.35 bits per heavy atom. The SMILES string of the molecule is CCCN=C(NCC)N1CCN(Cc2ccon2)CC1. The van der Waals surface area contributed by atoms with Gasteiger partial charge >= 0.3 is 0 Å². The minimum Gasteiger partial charge on any atom is -0.364 e. The molecule has 0 spiro atoms. The van der Waals surface area contributed by atoms with Gasteiger partial charge in [0.15, 0.2) is 5.96 Å². The largest absolute Gasteiger partial charge is 0.364 e. The molecule has 1 aliphatic rings. The van der Waals surface area contributed by atoms with Crippen molar-refractivity contribution in [1.82, 2.24) is 20.3 Å². The molecule has 1 saturated heterocycles. The molecular weight excluding hydrogens is 254 g/mol. The summed E-state index contributed by atoms with van der Waals surface area (Å²) < 4.78 is 4.88. The Labute approximate surface area is 120 Å². The van der Waals surface area contributed by atoms with Gasteiger partial charge in [0.25, 0.3) is 0 Å². The molecule has 1 aromatic heterocycles. The Morgan fingerprint density at radius 3 is 2.75 bits per heavy atom. The van der Waals surface area contributed by atoms with E-state index in [0.29, 0.717) is 0 Å². The van der Waals surface area contributed by atoms with Gasteiger partial charge in [0.2, 0.25) is 0 Å². The van der Waals surface area contributed by atoms with Gasteiger partial charge in [-0.15, -0.1) is 0 Å². The van der Waals surface area contributed by atoms with Crippen molar-refractivity contribution in [1.29, 1.82) is 0 Å². The van der Waals surface area contributed by atoms with Gasteiger partial charge in [-0.2, -0.15) is 0 Å². The van der Waals surface area contributed by atoms with Gasteiger partial charge in [0.05, 0.1) is 5.69 Å². The third kappa shape index (κ3) is 4.23. The van der Waals surface area contributed by atoms with Crippen molar-refractivity contribution in [3.63, 3.8) is 0 Å². The van der Waals surface area contributed by atoms with Crippen LogP contribution < -0.4 is 5.32 Å². The smallest absolute Gasteiger partial charge is 0.194 e. The van der Waals surface area contributed by atoms with Gasteiger partial charge < -0.3 is 14.7 Å². The molecule has 2 heterocycles. The maximum atomic E-state index is 4.88. The van der Waals surface area contributed by atoms with Crippen LogP contribution >= 0.6 is 0 Å². The summed E-state index contributed by atoms with van der Waals surface area (Å²) in [7, 11) is 0. The van der Waals surface area contributed by atoms with E-state index in [-0.39, 0.29) is 0 Å². The van der Waals surface area contributed by atoms with E-state index in [1.165, 1.54) is 0 Å². The highest BCUT2D eigenvalue weighted by Gasteiger charge is 2.19. The molecule has 1 N–H and O–H groups in total. The van der Waals surface area contributed by atoms with Crippen LogP contribution in [0.3, 0.4) is 0 Å². The summed E-state index contributed by atoms with van der Waals surface area (Å²) in [5, 5.41) is 7.35. The van der Waals surface area contributed by atoms with Crippen LogP contribution in [0.5, 0.6) is 0 Å². The van der Waals surface area contributed by atoms with Crippen molar-refractivity contribution < 1.29 is 4.52 Å². The lowest BCUT2D eigenvalue weighted by atomic mass is 10.3. The number of rotatable bonds is 5. The third-order valence-corrected chi connectivity index (χ3v) is 3.37. The van der Waals surface area contributed by atoms with E-state index < -0.39 is 0 Å². The summed E-state index contributed by atoms with van der Waals surface area (Å²) >= 11 is 0. The number of hydrogen-bond donors (Lipinski definition) is 1. The second-order valence-corrected chi connectivity index (χ2v) is 4.99. The Bertz CT molecular complexity index is 396. The molecule has 2 rings (SSSR count). The highest BCUT2D eigenvalue weighted by atomic mass is 16.5. The van der Waals surface area contributed by atoms with Crippen LogP contribution in [0.1, 0.15) is 26.0 Å². The highest BCUT2D eigenvalue weighted by molar-refractivity contribution is 5.80. The number of aliphatic imine (C=N–C) groups is 1. The van der Waals surface area contributed by atoms with E-state index in [4.69, 9.17) is 4.52 Å². The van der Waals surface area contributed by atoms with Crippen LogP contribution in [0.15, 0.2) is 21.8 Å². The van der Waals surface area contributed by atoms with Crippen molar-refractivity contribution >= 4 is 5.96 Å². The van der Waals surface area contributed by atoms with Crippen molar-refractivity contribution in [2.45, 2.75) is 26.8 Å². The second-order valence-electron chi connectivity index (χ2n) is 4.99. The average Bonchev–Trinajstić information content (AvgIpc) is 2.97. The lowest BCUT2D eigenvalue weighted by molar-refractivity contribution is 0.169. The first kappa shape index (κ1) is 14.8. The summed E-state index contributed by atoms with van der Waals surface area (Å²) in [4.78, 5) is 9.39. The first-order chi connectivity index (χ1) is 9.83. The van der Waals surface area contributed by atoms with Crippen molar-refractivity contribution in [2.24, 2.45) is 4.99 Å². The number of nitrogens with zero attached hydrogens (tertiary/aromatic N) is 4. The molecule has 0 unspecified atom stereocenters. The van der Waals surface area contributed by atoms with Crippen LogP contribution in [0.2, 0.25) is 0 Å². The molecule has 0 bridgehead atoms. The fourth-order valence-electron chi connectivity index (χ4n) is 2.31. The maximum Gasteiger partial charge on any atom is 0.194 e. The van der Waals surface area contributed by atoms with Gasteiger partial charge in [-0.3, -0.25) is 9.89 Å². The predicted molar refractivity (Wildman–Crippen MR) is 79.6 cm³/mol. The molecule has 112 valence electrons. The number of hydrogen-bond acceptors (Lipinski definition) is 4. The van der Waals surface area contributed by atoms with Gasteiger partial charge in [-0.1, -0.05) is 12.1 Å². The van der Waals surface area contributed by atoms with Crippen molar-refractivity contribution in [2.75, 3.05) is 39.3 Å². The normalized spacial score (nSPS) is 17.5. The molecule has 0 radical (unpaired) electrons. The zero-order valence-electron chi connectivity index (χ0n) is 12.5. The minimum absolute atomic E-state index is 0.868. The highest BCUT2D eigenvalue weighted by Crippen LogP contribution is 2.07. The monoisotopic (exact) mass is 279 g/mol. The minimum atomic E-state index is 0.868. The number of piperazine rings is 1. The van der Waals surface area contributed by atoms with Crippen molar-refractivity contribution in [3.8, 4) is 0 Å². The summed E-state index contributed by atoms with van der Waals surface area (Å²) in [5.41, 5.74) is 1.00. The molecule has 1 aromatic rings. The van der Waals surface area contributed by atoms with E-state index in [9.17, 15) is 0 Å². The average molecular weight is 279 g/mol. The summed E-state index contributed by atoms with van der Waals surface area (Å²) in [5.74, 6) is 1.05. The summed E-state index contributed by atoms with van der Waals surface area (Å²) in [6.07, 6.45) is 2.72. The lowest BCUT2D eigenvalue weighted by Crippen LogP contribution is -2.52. The molecule has 0 saturated carbocycles. The maximum absolute atomic E-state index is 4.88. The molecule has 1 aliphatic heterocycles. The molecule has 0 aliphatic carbocycles. The molecule has 0 aromatic carbocycles. The standard InChI is InChI=1S/C14H25N5O/c1-3-6-16-14(15-4-2)19-9-7-18(8-10-19)12-13-5-11-20-17-13/h5,11H,3-4,6-10,12H2,1-2H3,(H,15,16). The van der Waals surface area contributed by atoms with E-state index in [0.717, 1.165) is 63.9 Å². The molecule has 6 nitrogen and oxygen atoms in total. The molecule has 6 heteroatoms. The lowest BCUT2D eigenvalue weighted by Gasteiger charge is -2.36. The van der Waals surface area contributed by atoms with E-state index >= 15 is 0 Å². The number of guanidine groups is 1. The molecule has 1 fully saturated rings. The van der Waals surface area contributed by atoms with Crippen LogP contribution in [0.4, 0.5) is 0 Å². The van der Waals surface area contributed by atoms with Crippen LogP contribution in [-0.4, -0.2) is 60.2 Å². The Hall–Kier alpha value is -1.56. The summed E-state index contributed by atoms with van der Waals surface area (Å²) in [6, 6.07) is 1.93. The Kier molecular flexibility index (Phi) is 5.86. The first-order valence-corrected chi connectivity index (χ1v) is 7.48. The van der Waals surface area contributed by atoms with Gasteiger partial charge in [-0.05, 0) is 13.3 Å². The van der Waals surface area contributed by atoms with Crippen molar-refractivity contribution in [3.05, 3.63) is 18.0 Å². The number of aromatic nitrogens is 1. The number of nitrogens with one attached hydrogen (secondary N) is 1. The summed E-state index contributed by atoms with van der Waals surface area (Å²) in [6.45, 7) is 11.0. The Morgan fingerprint density at radius 2 is 2.15 bits per heavy atom.